The molecule has 2 aromatic carbocycles. The van der Waals surface area contributed by atoms with Gasteiger partial charge in [0.15, 0.2) is 0 Å². The van der Waals surface area contributed by atoms with Crippen molar-refractivity contribution >= 4 is 33.4 Å². The second kappa shape index (κ2) is 9.19. The van der Waals surface area contributed by atoms with Crippen molar-refractivity contribution in [3.05, 3.63) is 81.5 Å². The normalized spacial score (nSPS) is 16.2. The molecule has 1 atom stereocenters. The van der Waals surface area contributed by atoms with Gasteiger partial charge < -0.3 is 10.2 Å². The molecule has 3 heterocycles. The lowest BCUT2D eigenvalue weighted by atomic mass is 9.97. The second-order valence-electron chi connectivity index (χ2n) is 8.51. The van der Waals surface area contributed by atoms with Gasteiger partial charge >= 0.3 is 0 Å². The number of thiophene rings is 1. The molecule has 1 aliphatic rings. The molecule has 0 bridgehead atoms. The number of rotatable bonds is 5. The third-order valence-electron chi connectivity index (χ3n) is 6.30. The number of carbonyl (C=O) groups is 1. The van der Waals surface area contributed by atoms with E-state index in [1.165, 1.54) is 16.9 Å². The van der Waals surface area contributed by atoms with Crippen LogP contribution in [0.2, 0.25) is 0 Å². The summed E-state index contributed by atoms with van der Waals surface area (Å²) < 4.78 is 0.627. The van der Waals surface area contributed by atoms with Crippen LogP contribution in [0, 0.1) is 12.8 Å². The summed E-state index contributed by atoms with van der Waals surface area (Å²) in [5.74, 6) is 0.450. The Labute approximate surface area is 196 Å². The number of fused-ring (bicyclic) bond motifs is 1. The summed E-state index contributed by atoms with van der Waals surface area (Å²) in [6.07, 6.45) is 1.70. The Morgan fingerprint density at radius 1 is 1.18 bits per heavy atom. The SMILES string of the molecule is Cc1ccccc1CNC(=O)[C@H]1CCCN(c2nc3c(-c4ccccc4)csc3c(=O)[nH]2)C1. The largest absolute Gasteiger partial charge is 0.352 e. The Morgan fingerprint density at radius 3 is 2.79 bits per heavy atom. The first-order chi connectivity index (χ1) is 16.1. The van der Waals surface area contributed by atoms with Gasteiger partial charge in [-0.05, 0) is 36.5 Å². The van der Waals surface area contributed by atoms with Crippen molar-refractivity contribution in [1.29, 1.82) is 0 Å². The number of aromatic amines is 1. The monoisotopic (exact) mass is 458 g/mol. The van der Waals surface area contributed by atoms with Crippen LogP contribution in [0.4, 0.5) is 5.95 Å². The van der Waals surface area contributed by atoms with Gasteiger partial charge in [0.25, 0.3) is 5.56 Å². The van der Waals surface area contributed by atoms with Crippen molar-refractivity contribution in [3.8, 4) is 11.1 Å². The summed E-state index contributed by atoms with van der Waals surface area (Å²) in [6.45, 7) is 3.88. The molecule has 7 heteroatoms. The Balaban J connectivity index is 1.36. The average molecular weight is 459 g/mol. The lowest BCUT2D eigenvalue weighted by Crippen LogP contribution is -2.44. The van der Waals surface area contributed by atoms with Gasteiger partial charge in [-0.2, -0.15) is 0 Å². The van der Waals surface area contributed by atoms with Crippen LogP contribution in [-0.2, 0) is 11.3 Å². The fourth-order valence-electron chi connectivity index (χ4n) is 4.41. The maximum atomic E-state index is 12.9. The zero-order valence-electron chi connectivity index (χ0n) is 18.5. The van der Waals surface area contributed by atoms with E-state index in [0.29, 0.717) is 23.7 Å². The van der Waals surface area contributed by atoms with Crippen LogP contribution >= 0.6 is 11.3 Å². The van der Waals surface area contributed by atoms with Crippen LogP contribution in [0.3, 0.4) is 0 Å². The molecule has 0 saturated carbocycles. The molecule has 1 fully saturated rings. The zero-order valence-corrected chi connectivity index (χ0v) is 19.3. The van der Waals surface area contributed by atoms with E-state index in [-0.39, 0.29) is 17.4 Å². The summed E-state index contributed by atoms with van der Waals surface area (Å²) in [6, 6.07) is 18.1. The van der Waals surface area contributed by atoms with Gasteiger partial charge in [-0.1, -0.05) is 54.6 Å². The minimum absolute atomic E-state index is 0.0480. The molecular weight excluding hydrogens is 432 g/mol. The topological polar surface area (TPSA) is 78.1 Å². The lowest BCUT2D eigenvalue weighted by Gasteiger charge is -2.32. The van der Waals surface area contributed by atoms with Crippen molar-refractivity contribution in [2.24, 2.45) is 5.92 Å². The number of carbonyl (C=O) groups excluding carboxylic acids is 1. The molecule has 1 aliphatic heterocycles. The molecule has 2 aromatic heterocycles. The Bertz CT molecular complexity index is 1350. The standard InChI is InChI=1S/C26H26N4O2S/c1-17-8-5-6-11-19(17)14-27-24(31)20-12-7-13-30(15-20)26-28-22-21(18-9-3-2-4-10-18)16-33-23(22)25(32)29-26/h2-6,8-11,16,20H,7,12-15H2,1H3,(H,27,31)(H,28,29,32)/t20-/m0/s1. The van der Waals surface area contributed by atoms with Crippen LogP contribution < -0.4 is 15.8 Å². The van der Waals surface area contributed by atoms with E-state index < -0.39 is 0 Å². The van der Waals surface area contributed by atoms with Crippen molar-refractivity contribution < 1.29 is 4.79 Å². The first-order valence-electron chi connectivity index (χ1n) is 11.2. The number of benzene rings is 2. The van der Waals surface area contributed by atoms with E-state index in [1.807, 2.05) is 58.8 Å². The maximum Gasteiger partial charge on any atom is 0.270 e. The molecule has 0 unspecified atom stereocenters. The Hall–Kier alpha value is -3.45. The van der Waals surface area contributed by atoms with E-state index in [4.69, 9.17) is 4.98 Å². The highest BCUT2D eigenvalue weighted by molar-refractivity contribution is 7.17. The highest BCUT2D eigenvalue weighted by Crippen LogP contribution is 2.32. The molecule has 4 aromatic rings. The van der Waals surface area contributed by atoms with Crippen LogP contribution in [0.15, 0.2) is 64.8 Å². The van der Waals surface area contributed by atoms with Gasteiger partial charge in [-0.3, -0.25) is 14.6 Å². The number of amides is 1. The van der Waals surface area contributed by atoms with Crippen LogP contribution in [-0.4, -0.2) is 29.0 Å². The van der Waals surface area contributed by atoms with Gasteiger partial charge in [0, 0.05) is 30.6 Å². The highest BCUT2D eigenvalue weighted by Gasteiger charge is 2.27. The smallest absolute Gasteiger partial charge is 0.270 e. The third-order valence-corrected chi connectivity index (χ3v) is 7.27. The number of hydrogen-bond acceptors (Lipinski definition) is 5. The summed E-state index contributed by atoms with van der Waals surface area (Å²) in [7, 11) is 0. The second-order valence-corrected chi connectivity index (χ2v) is 9.39. The van der Waals surface area contributed by atoms with Gasteiger partial charge in [0.2, 0.25) is 11.9 Å². The van der Waals surface area contributed by atoms with E-state index in [0.717, 1.165) is 41.6 Å². The molecule has 1 amide bonds. The number of nitrogens with one attached hydrogen (secondary N) is 2. The van der Waals surface area contributed by atoms with Crippen LogP contribution in [0.25, 0.3) is 21.3 Å². The molecule has 0 radical (unpaired) electrons. The van der Waals surface area contributed by atoms with E-state index in [9.17, 15) is 9.59 Å². The fourth-order valence-corrected chi connectivity index (χ4v) is 5.32. The lowest BCUT2D eigenvalue weighted by molar-refractivity contribution is -0.125. The molecular formula is C26H26N4O2S. The molecule has 0 spiro atoms. The Kier molecular flexibility index (Phi) is 5.96. The number of nitrogens with zero attached hydrogens (tertiary/aromatic N) is 2. The number of anilines is 1. The molecule has 168 valence electrons. The van der Waals surface area contributed by atoms with Crippen molar-refractivity contribution in [2.45, 2.75) is 26.3 Å². The molecule has 6 nitrogen and oxygen atoms in total. The minimum atomic E-state index is -0.139. The van der Waals surface area contributed by atoms with Crippen molar-refractivity contribution in [2.75, 3.05) is 18.0 Å². The van der Waals surface area contributed by atoms with E-state index in [1.54, 1.807) is 0 Å². The molecule has 2 N–H and O–H groups in total. The van der Waals surface area contributed by atoms with Crippen LogP contribution in [0.1, 0.15) is 24.0 Å². The maximum absolute atomic E-state index is 12.9. The predicted molar refractivity (Wildman–Crippen MR) is 134 cm³/mol. The van der Waals surface area contributed by atoms with Crippen molar-refractivity contribution in [3.63, 3.8) is 0 Å². The van der Waals surface area contributed by atoms with Crippen LogP contribution in [0.5, 0.6) is 0 Å². The molecule has 5 rings (SSSR count). The van der Waals surface area contributed by atoms with Gasteiger partial charge in [0.1, 0.15) is 4.70 Å². The fraction of sp³-hybridized carbons (Fsp3) is 0.269. The number of aryl methyl sites for hydroxylation is 1. The quantitative estimate of drug-likeness (QED) is 0.462. The predicted octanol–water partition coefficient (Wildman–Crippen LogP) is 4.49. The zero-order chi connectivity index (χ0) is 22.8. The summed E-state index contributed by atoms with van der Waals surface area (Å²) in [4.78, 5) is 35.5. The summed E-state index contributed by atoms with van der Waals surface area (Å²) in [5.41, 5.74) is 4.89. The third kappa shape index (κ3) is 4.41. The first-order valence-corrected chi connectivity index (χ1v) is 12.1. The van der Waals surface area contributed by atoms with Gasteiger partial charge in [-0.15, -0.1) is 11.3 Å². The number of hydrogen-bond donors (Lipinski definition) is 2. The number of H-pyrrole nitrogens is 1. The summed E-state index contributed by atoms with van der Waals surface area (Å²) in [5, 5.41) is 5.08. The number of aromatic nitrogens is 2. The molecule has 0 aliphatic carbocycles. The van der Waals surface area contributed by atoms with E-state index >= 15 is 0 Å². The summed E-state index contributed by atoms with van der Waals surface area (Å²) >= 11 is 1.41. The molecule has 33 heavy (non-hydrogen) atoms. The van der Waals surface area contributed by atoms with E-state index in [2.05, 4.69) is 23.3 Å². The highest BCUT2D eigenvalue weighted by atomic mass is 32.1. The minimum Gasteiger partial charge on any atom is -0.352 e. The number of piperidine rings is 1. The first kappa shape index (κ1) is 21.4. The molecule has 1 saturated heterocycles. The van der Waals surface area contributed by atoms with Gasteiger partial charge in [0.05, 0.1) is 11.4 Å². The van der Waals surface area contributed by atoms with Crippen molar-refractivity contribution in [1.82, 2.24) is 15.3 Å². The average Bonchev–Trinajstić information content (AvgIpc) is 3.29. The Morgan fingerprint density at radius 2 is 1.97 bits per heavy atom. The van der Waals surface area contributed by atoms with Gasteiger partial charge in [-0.25, -0.2) is 4.98 Å².